The van der Waals surface area contributed by atoms with Crippen LogP contribution in [0.2, 0.25) is 0 Å². The monoisotopic (exact) mass is 170 g/mol. The van der Waals surface area contributed by atoms with Crippen LogP contribution in [-0.4, -0.2) is 17.3 Å². The van der Waals surface area contributed by atoms with Gasteiger partial charge in [-0.1, -0.05) is 20.4 Å². The predicted molar refractivity (Wildman–Crippen MR) is 57.3 cm³/mol. The highest BCUT2D eigenvalue weighted by molar-refractivity contribution is 5.23. The van der Waals surface area contributed by atoms with Gasteiger partial charge < -0.3 is 0 Å². The van der Waals surface area contributed by atoms with Crippen molar-refractivity contribution in [2.45, 2.75) is 47.1 Å². The molecule has 0 aromatic rings. The van der Waals surface area contributed by atoms with E-state index in [2.05, 4.69) is 39.2 Å². The van der Waals surface area contributed by atoms with E-state index in [0.29, 0.717) is 0 Å². The third-order valence-electron chi connectivity index (χ3n) is 1.14. The quantitative estimate of drug-likeness (QED) is 0.459. The first-order chi connectivity index (χ1) is 5.39. The molecule has 0 aliphatic rings. The second-order valence-corrected chi connectivity index (χ2v) is 3.36. The molecule has 0 aliphatic heterocycles. The van der Waals surface area contributed by atoms with Crippen LogP contribution in [0.3, 0.4) is 0 Å². The Bertz CT molecular complexity index is 142. The summed E-state index contributed by atoms with van der Waals surface area (Å²) in [6.07, 6.45) is 0. The lowest BCUT2D eigenvalue weighted by molar-refractivity contribution is 0.196. The molecule has 2 nitrogen and oxygen atoms in total. The molecule has 0 amide bonds. The molecule has 0 fully saturated rings. The summed E-state index contributed by atoms with van der Waals surface area (Å²) in [6.45, 7) is 19.4. The van der Waals surface area contributed by atoms with Gasteiger partial charge in [0.2, 0.25) is 0 Å². The Morgan fingerprint density at radius 2 is 1.58 bits per heavy atom. The smallest absolute Gasteiger partial charge is 0.0546 e. The Labute approximate surface area is 77.0 Å². The zero-order valence-corrected chi connectivity index (χ0v) is 9.31. The van der Waals surface area contributed by atoms with Gasteiger partial charge in [0, 0.05) is 12.4 Å². The summed E-state index contributed by atoms with van der Waals surface area (Å²) < 4.78 is 0. The average molecular weight is 170 g/mol. The molecule has 0 aromatic carbocycles. The number of rotatable bonds is 2. The second-order valence-electron chi connectivity index (χ2n) is 3.36. The Morgan fingerprint density at radius 3 is 1.58 bits per heavy atom. The van der Waals surface area contributed by atoms with Crippen LogP contribution in [-0.2, 0) is 0 Å². The second kappa shape index (κ2) is 5.81. The fourth-order valence-electron chi connectivity index (χ4n) is 0.905. The number of hydrogen-bond acceptors (Lipinski definition) is 2. The number of hydrogen-bond donors (Lipinski definition) is 0. The van der Waals surface area contributed by atoms with Crippen LogP contribution in [0.4, 0.5) is 0 Å². The van der Waals surface area contributed by atoms with Gasteiger partial charge >= 0.3 is 0 Å². The molecule has 0 atom stereocenters. The molecule has 0 N–H and O–H groups in total. The molecule has 0 unspecified atom stereocenters. The van der Waals surface area contributed by atoms with Gasteiger partial charge in [-0.05, 0) is 27.7 Å². The highest BCUT2D eigenvalue weighted by Crippen LogP contribution is 2.17. The van der Waals surface area contributed by atoms with Crippen LogP contribution in [0.1, 0.15) is 41.5 Å². The Hall–Kier alpha value is -0.790. The summed E-state index contributed by atoms with van der Waals surface area (Å²) in [6, 6.07) is 0. The Kier molecular flexibility index (Phi) is 6.67. The van der Waals surface area contributed by atoms with E-state index in [-0.39, 0.29) is 5.54 Å². The first kappa shape index (κ1) is 13.8. The van der Waals surface area contributed by atoms with Gasteiger partial charge in [0.1, 0.15) is 0 Å². The molecule has 0 aliphatic carbocycles. The highest BCUT2D eigenvalue weighted by atomic mass is 15.5. The van der Waals surface area contributed by atoms with Gasteiger partial charge in [-0.2, -0.15) is 5.10 Å². The molecule has 0 spiro atoms. The van der Waals surface area contributed by atoms with E-state index in [1.807, 2.05) is 20.8 Å². The van der Waals surface area contributed by atoms with Crippen LogP contribution < -0.4 is 0 Å². The van der Waals surface area contributed by atoms with Gasteiger partial charge in [0.05, 0.1) is 5.54 Å². The van der Waals surface area contributed by atoms with Crippen molar-refractivity contribution in [2.75, 3.05) is 0 Å². The third kappa shape index (κ3) is 4.94. The van der Waals surface area contributed by atoms with E-state index in [4.69, 9.17) is 0 Å². The lowest BCUT2D eigenvalue weighted by Crippen LogP contribution is -2.35. The van der Waals surface area contributed by atoms with Gasteiger partial charge in [0.25, 0.3) is 0 Å². The van der Waals surface area contributed by atoms with Crippen LogP contribution in [0, 0.1) is 0 Å². The molecule has 0 rings (SSSR count). The highest BCUT2D eigenvalue weighted by Gasteiger charge is 2.18. The van der Waals surface area contributed by atoms with Crippen molar-refractivity contribution in [2.24, 2.45) is 5.10 Å². The Balaban J connectivity index is 0. The molecular weight excluding hydrogens is 148 g/mol. The van der Waals surface area contributed by atoms with E-state index in [1.54, 1.807) is 5.01 Å². The first-order valence-electron chi connectivity index (χ1n) is 4.32. The van der Waals surface area contributed by atoms with Crippen LogP contribution in [0.15, 0.2) is 17.4 Å². The van der Waals surface area contributed by atoms with E-state index in [1.165, 1.54) is 0 Å². The Morgan fingerprint density at radius 1 is 1.25 bits per heavy atom. The number of hydrazone groups is 1. The SMILES string of the molecule is C=NN(C(=C)C)C(C)(C)C.CC. The van der Waals surface area contributed by atoms with Crippen LogP contribution in [0.25, 0.3) is 0 Å². The topological polar surface area (TPSA) is 15.6 Å². The zero-order valence-electron chi connectivity index (χ0n) is 9.31. The van der Waals surface area contributed by atoms with Crippen molar-refractivity contribution in [3.05, 3.63) is 12.3 Å². The van der Waals surface area contributed by atoms with E-state index >= 15 is 0 Å². The molecular formula is C10H22N2. The van der Waals surface area contributed by atoms with Crippen molar-refractivity contribution < 1.29 is 0 Å². The summed E-state index contributed by atoms with van der Waals surface area (Å²) in [5.74, 6) is 0. The maximum absolute atomic E-state index is 3.84. The summed E-state index contributed by atoms with van der Waals surface area (Å²) in [5, 5.41) is 5.64. The maximum Gasteiger partial charge on any atom is 0.0546 e. The lowest BCUT2D eigenvalue weighted by Gasteiger charge is -2.32. The molecule has 0 saturated heterocycles. The largest absolute Gasteiger partial charge is 0.266 e. The standard InChI is InChI=1S/C8H16N2.C2H6/c1-7(2)10(9-6)8(3,4)5;1-2/h1,6H2,2-5H3;1-2H3. The molecule has 12 heavy (non-hydrogen) atoms. The summed E-state index contributed by atoms with van der Waals surface area (Å²) in [5.41, 5.74) is 0.913. The third-order valence-corrected chi connectivity index (χ3v) is 1.14. The molecule has 2 heteroatoms. The molecule has 0 bridgehead atoms. The summed E-state index contributed by atoms with van der Waals surface area (Å²) in [4.78, 5) is 0. The fourth-order valence-corrected chi connectivity index (χ4v) is 0.905. The van der Waals surface area contributed by atoms with Crippen molar-refractivity contribution in [3.8, 4) is 0 Å². The molecule has 0 aromatic heterocycles. The van der Waals surface area contributed by atoms with Crippen LogP contribution in [0.5, 0.6) is 0 Å². The van der Waals surface area contributed by atoms with E-state index < -0.39 is 0 Å². The van der Waals surface area contributed by atoms with Gasteiger partial charge in [0.15, 0.2) is 0 Å². The van der Waals surface area contributed by atoms with Crippen molar-refractivity contribution >= 4 is 6.72 Å². The molecule has 0 saturated carbocycles. The predicted octanol–water partition coefficient (Wildman–Crippen LogP) is 3.26. The minimum Gasteiger partial charge on any atom is -0.266 e. The van der Waals surface area contributed by atoms with Crippen molar-refractivity contribution in [1.29, 1.82) is 0 Å². The van der Waals surface area contributed by atoms with Gasteiger partial charge in [-0.15, -0.1) is 0 Å². The lowest BCUT2D eigenvalue weighted by atomic mass is 10.1. The van der Waals surface area contributed by atoms with Crippen molar-refractivity contribution in [3.63, 3.8) is 0 Å². The molecule has 72 valence electrons. The first-order valence-corrected chi connectivity index (χ1v) is 4.32. The van der Waals surface area contributed by atoms with Gasteiger partial charge in [-0.3, -0.25) is 5.01 Å². The number of nitrogens with zero attached hydrogens (tertiary/aromatic N) is 2. The normalized spacial score (nSPS) is 9.50. The summed E-state index contributed by atoms with van der Waals surface area (Å²) in [7, 11) is 0. The van der Waals surface area contributed by atoms with E-state index in [9.17, 15) is 0 Å². The van der Waals surface area contributed by atoms with Crippen molar-refractivity contribution in [1.82, 2.24) is 5.01 Å². The van der Waals surface area contributed by atoms with E-state index in [0.717, 1.165) is 5.70 Å². The molecule has 0 radical (unpaired) electrons. The molecule has 0 heterocycles. The zero-order chi connectivity index (χ0) is 10.4. The van der Waals surface area contributed by atoms with Crippen LogP contribution >= 0.6 is 0 Å². The average Bonchev–Trinajstić information content (AvgIpc) is 1.89. The number of allylic oxidation sites excluding steroid dienone is 1. The minimum atomic E-state index is -0.00637. The summed E-state index contributed by atoms with van der Waals surface area (Å²) >= 11 is 0. The fraction of sp³-hybridized carbons (Fsp3) is 0.700. The minimum absolute atomic E-state index is 0.00637. The maximum atomic E-state index is 3.84. The van der Waals surface area contributed by atoms with Gasteiger partial charge in [-0.25, -0.2) is 0 Å².